The third-order valence-electron chi connectivity index (χ3n) is 2.97. The highest BCUT2D eigenvalue weighted by molar-refractivity contribution is 5.52. The molecule has 0 aliphatic heterocycles. The number of hydrogen-bond donors (Lipinski definition) is 0. The number of imidazole rings is 1. The third kappa shape index (κ3) is 2.23. The van der Waals surface area contributed by atoms with Gasteiger partial charge in [0, 0.05) is 25.4 Å². The van der Waals surface area contributed by atoms with Crippen LogP contribution >= 0.6 is 0 Å². The highest BCUT2D eigenvalue weighted by Gasteiger charge is 2.27. The number of nitrogens with zero attached hydrogens (tertiary/aromatic N) is 5. The molecule has 2 heterocycles. The number of aromatic nitrogens is 4. The molecule has 102 valence electrons. The largest absolute Gasteiger partial charge is 0.334 e. The Labute approximate surface area is 111 Å². The lowest BCUT2D eigenvalue weighted by molar-refractivity contribution is -0.385. The van der Waals surface area contributed by atoms with Gasteiger partial charge in [-0.15, -0.1) is 0 Å². The first-order valence-corrected chi connectivity index (χ1v) is 6.34. The van der Waals surface area contributed by atoms with E-state index in [2.05, 4.69) is 17.0 Å². The maximum atomic E-state index is 11.3. The van der Waals surface area contributed by atoms with Gasteiger partial charge in [-0.05, 0) is 20.3 Å². The predicted octanol–water partition coefficient (Wildman–Crippen LogP) is 2.26. The fraction of sp³-hybridized carbons (Fsp3) is 0.500. The summed E-state index contributed by atoms with van der Waals surface area (Å²) in [4.78, 5) is 15.1. The zero-order valence-electron chi connectivity index (χ0n) is 11.3. The number of hydrogen-bond acceptors (Lipinski definition) is 4. The minimum Gasteiger partial charge on any atom is -0.282 e. The SMILES string of the molecule is CCCc1nccn1-c1c([N+](=O)[O-])c(C)nn1CC. The molecule has 7 nitrogen and oxygen atoms in total. The Morgan fingerprint density at radius 1 is 1.42 bits per heavy atom. The third-order valence-corrected chi connectivity index (χ3v) is 2.97. The summed E-state index contributed by atoms with van der Waals surface area (Å²) in [6, 6.07) is 0. The molecular weight excluding hydrogens is 246 g/mol. The van der Waals surface area contributed by atoms with E-state index in [1.807, 2.05) is 6.92 Å². The van der Waals surface area contributed by atoms with Crippen molar-refractivity contribution in [2.45, 2.75) is 40.2 Å². The summed E-state index contributed by atoms with van der Waals surface area (Å²) in [6.45, 7) is 6.20. The molecular formula is C12H17N5O2. The molecule has 0 bridgehead atoms. The highest BCUT2D eigenvalue weighted by Crippen LogP contribution is 2.27. The molecule has 0 aliphatic carbocycles. The van der Waals surface area contributed by atoms with Crippen LogP contribution in [0.1, 0.15) is 31.8 Å². The quantitative estimate of drug-likeness (QED) is 0.612. The number of nitro groups is 1. The van der Waals surface area contributed by atoms with Crippen molar-refractivity contribution in [2.75, 3.05) is 0 Å². The summed E-state index contributed by atoms with van der Waals surface area (Å²) >= 11 is 0. The first-order chi connectivity index (χ1) is 9.10. The molecule has 2 aromatic heterocycles. The van der Waals surface area contributed by atoms with E-state index >= 15 is 0 Å². The number of aryl methyl sites for hydroxylation is 3. The number of rotatable bonds is 5. The molecule has 0 spiro atoms. The van der Waals surface area contributed by atoms with Crippen LogP contribution in [-0.2, 0) is 13.0 Å². The van der Waals surface area contributed by atoms with Gasteiger partial charge in [-0.1, -0.05) is 6.92 Å². The van der Waals surface area contributed by atoms with Gasteiger partial charge in [-0.2, -0.15) is 5.10 Å². The fourth-order valence-electron chi connectivity index (χ4n) is 2.17. The van der Waals surface area contributed by atoms with Crippen LogP contribution in [-0.4, -0.2) is 24.3 Å². The van der Waals surface area contributed by atoms with Gasteiger partial charge < -0.3 is 0 Å². The summed E-state index contributed by atoms with van der Waals surface area (Å²) in [7, 11) is 0. The van der Waals surface area contributed by atoms with Crippen LogP contribution in [0.3, 0.4) is 0 Å². The Bertz CT molecular complexity index is 599. The molecule has 0 unspecified atom stereocenters. The monoisotopic (exact) mass is 263 g/mol. The molecule has 19 heavy (non-hydrogen) atoms. The Morgan fingerprint density at radius 2 is 2.16 bits per heavy atom. The molecule has 2 aromatic rings. The molecule has 0 amide bonds. The smallest absolute Gasteiger partial charge is 0.282 e. The van der Waals surface area contributed by atoms with E-state index in [1.54, 1.807) is 28.6 Å². The first-order valence-electron chi connectivity index (χ1n) is 6.34. The molecule has 7 heteroatoms. The second kappa shape index (κ2) is 5.21. The lowest BCUT2D eigenvalue weighted by atomic mass is 10.3. The Morgan fingerprint density at radius 3 is 2.74 bits per heavy atom. The topological polar surface area (TPSA) is 78.8 Å². The van der Waals surface area contributed by atoms with Crippen LogP contribution in [0.2, 0.25) is 0 Å². The Balaban J connectivity index is 2.66. The summed E-state index contributed by atoms with van der Waals surface area (Å²) in [6.07, 6.45) is 5.12. The van der Waals surface area contributed by atoms with E-state index < -0.39 is 0 Å². The van der Waals surface area contributed by atoms with Crippen molar-refractivity contribution < 1.29 is 4.92 Å². The van der Waals surface area contributed by atoms with Crippen molar-refractivity contribution in [1.82, 2.24) is 19.3 Å². The Kier molecular flexibility index (Phi) is 3.64. The highest BCUT2D eigenvalue weighted by atomic mass is 16.6. The molecule has 0 aliphatic rings. The van der Waals surface area contributed by atoms with Crippen LogP contribution in [0.15, 0.2) is 12.4 Å². The van der Waals surface area contributed by atoms with Gasteiger partial charge in [0.2, 0.25) is 5.82 Å². The molecule has 0 saturated heterocycles. The Hall–Kier alpha value is -2.18. The van der Waals surface area contributed by atoms with E-state index in [-0.39, 0.29) is 10.6 Å². The van der Waals surface area contributed by atoms with Crippen molar-refractivity contribution >= 4 is 5.69 Å². The maximum Gasteiger partial charge on any atom is 0.334 e. The van der Waals surface area contributed by atoms with E-state index in [9.17, 15) is 10.1 Å². The van der Waals surface area contributed by atoms with E-state index in [4.69, 9.17) is 0 Å². The van der Waals surface area contributed by atoms with Crippen molar-refractivity contribution in [1.29, 1.82) is 0 Å². The van der Waals surface area contributed by atoms with Crippen LogP contribution in [0.25, 0.3) is 5.82 Å². The average Bonchev–Trinajstić information content (AvgIpc) is 2.93. The minimum atomic E-state index is -0.375. The molecule has 0 fully saturated rings. The molecule has 0 saturated carbocycles. The lowest BCUT2D eigenvalue weighted by Gasteiger charge is -2.08. The van der Waals surface area contributed by atoms with Crippen molar-refractivity contribution in [3.05, 3.63) is 34.0 Å². The average molecular weight is 263 g/mol. The van der Waals surface area contributed by atoms with E-state index in [1.165, 1.54) is 0 Å². The van der Waals surface area contributed by atoms with Gasteiger partial charge >= 0.3 is 5.69 Å². The molecule has 0 N–H and O–H groups in total. The summed E-state index contributed by atoms with van der Waals surface area (Å²) < 4.78 is 3.42. The second-order valence-electron chi connectivity index (χ2n) is 4.29. The summed E-state index contributed by atoms with van der Waals surface area (Å²) in [5, 5.41) is 15.5. The van der Waals surface area contributed by atoms with Crippen LogP contribution in [0.5, 0.6) is 0 Å². The molecule has 2 rings (SSSR count). The summed E-state index contributed by atoms with van der Waals surface area (Å²) in [5.74, 6) is 1.31. The maximum absolute atomic E-state index is 11.3. The molecule has 0 radical (unpaired) electrons. The molecule has 0 aromatic carbocycles. The van der Waals surface area contributed by atoms with Crippen molar-refractivity contribution in [2.24, 2.45) is 0 Å². The van der Waals surface area contributed by atoms with Gasteiger partial charge in [0.1, 0.15) is 11.5 Å². The van der Waals surface area contributed by atoms with Gasteiger partial charge in [0.05, 0.1) is 4.92 Å². The van der Waals surface area contributed by atoms with Crippen LogP contribution in [0.4, 0.5) is 5.69 Å². The van der Waals surface area contributed by atoms with Gasteiger partial charge in [-0.25, -0.2) is 9.67 Å². The lowest BCUT2D eigenvalue weighted by Crippen LogP contribution is -2.10. The van der Waals surface area contributed by atoms with Gasteiger partial charge in [0.25, 0.3) is 0 Å². The van der Waals surface area contributed by atoms with Crippen molar-refractivity contribution in [3.63, 3.8) is 0 Å². The first kappa shape index (κ1) is 13.3. The van der Waals surface area contributed by atoms with E-state index in [0.717, 1.165) is 18.7 Å². The van der Waals surface area contributed by atoms with E-state index in [0.29, 0.717) is 18.1 Å². The fourth-order valence-corrected chi connectivity index (χ4v) is 2.17. The van der Waals surface area contributed by atoms with Gasteiger partial charge in [0.15, 0.2) is 0 Å². The minimum absolute atomic E-state index is 0.0530. The second-order valence-corrected chi connectivity index (χ2v) is 4.29. The van der Waals surface area contributed by atoms with Crippen LogP contribution in [0, 0.1) is 17.0 Å². The zero-order valence-corrected chi connectivity index (χ0v) is 11.3. The summed E-state index contributed by atoms with van der Waals surface area (Å²) in [5.41, 5.74) is 0.482. The van der Waals surface area contributed by atoms with Crippen LogP contribution < -0.4 is 0 Å². The predicted molar refractivity (Wildman–Crippen MR) is 70.4 cm³/mol. The van der Waals surface area contributed by atoms with Gasteiger partial charge in [-0.3, -0.25) is 14.7 Å². The molecule has 0 atom stereocenters. The van der Waals surface area contributed by atoms with Crippen molar-refractivity contribution in [3.8, 4) is 5.82 Å². The normalized spacial score (nSPS) is 10.9. The zero-order chi connectivity index (χ0) is 14.0. The standard InChI is InChI=1S/C12H17N5O2/c1-4-6-10-13-7-8-15(10)12-11(17(18)19)9(3)14-16(12)5-2/h7-8H,4-6H2,1-3H3.